The van der Waals surface area contributed by atoms with Gasteiger partial charge in [0.1, 0.15) is 0 Å². The molecule has 1 unspecified atom stereocenters. The summed E-state index contributed by atoms with van der Waals surface area (Å²) in [4.78, 5) is 4.20. The van der Waals surface area contributed by atoms with Gasteiger partial charge >= 0.3 is 0 Å². The fourth-order valence-corrected chi connectivity index (χ4v) is 2.11. The van der Waals surface area contributed by atoms with Crippen molar-refractivity contribution in [2.24, 2.45) is 12.9 Å². The number of nitrogens with one attached hydrogen (secondary N) is 1. The molecule has 0 aliphatic carbocycles. The van der Waals surface area contributed by atoms with Crippen LogP contribution in [0.15, 0.2) is 24.5 Å². The van der Waals surface area contributed by atoms with Gasteiger partial charge in [0, 0.05) is 31.6 Å². The fourth-order valence-electron chi connectivity index (χ4n) is 2.11. The highest BCUT2D eigenvalue weighted by atomic mass is 15.3. The second-order valence-electron chi connectivity index (χ2n) is 4.62. The quantitative estimate of drug-likeness (QED) is 0.627. The summed E-state index contributed by atoms with van der Waals surface area (Å²) in [5.41, 5.74) is 7.25. The third-order valence-corrected chi connectivity index (χ3v) is 3.01. The molecular weight excluding hydrogens is 226 g/mol. The van der Waals surface area contributed by atoms with Crippen LogP contribution in [0.1, 0.15) is 28.6 Å². The second-order valence-corrected chi connectivity index (χ2v) is 4.62. The lowest BCUT2D eigenvalue weighted by Crippen LogP contribution is -2.30. The van der Waals surface area contributed by atoms with Gasteiger partial charge in [0.2, 0.25) is 0 Å². The molecule has 0 aliphatic rings. The van der Waals surface area contributed by atoms with E-state index in [-0.39, 0.29) is 6.04 Å². The SMILES string of the molecule is Cc1cncc(C(Cc2cc(C)nn2C)NN)c1. The van der Waals surface area contributed by atoms with Crippen LogP contribution in [0.25, 0.3) is 0 Å². The molecule has 0 bridgehead atoms. The Hall–Kier alpha value is -1.72. The van der Waals surface area contributed by atoms with Crippen molar-refractivity contribution in [3.05, 3.63) is 47.0 Å². The first-order valence-electron chi connectivity index (χ1n) is 5.97. The van der Waals surface area contributed by atoms with Crippen molar-refractivity contribution in [1.29, 1.82) is 0 Å². The van der Waals surface area contributed by atoms with E-state index in [0.717, 1.165) is 28.9 Å². The molecule has 96 valence electrons. The third-order valence-electron chi connectivity index (χ3n) is 3.01. The van der Waals surface area contributed by atoms with E-state index in [1.165, 1.54) is 0 Å². The molecule has 2 heterocycles. The molecule has 18 heavy (non-hydrogen) atoms. The first-order chi connectivity index (χ1) is 8.60. The Balaban J connectivity index is 2.22. The Labute approximate surface area is 107 Å². The average Bonchev–Trinajstić information content (AvgIpc) is 2.64. The molecule has 0 saturated carbocycles. The highest BCUT2D eigenvalue weighted by molar-refractivity contribution is 5.22. The van der Waals surface area contributed by atoms with E-state index in [0.29, 0.717) is 0 Å². The number of hydrogen-bond acceptors (Lipinski definition) is 4. The highest BCUT2D eigenvalue weighted by Crippen LogP contribution is 2.18. The molecule has 5 nitrogen and oxygen atoms in total. The molecule has 0 fully saturated rings. The molecule has 0 amide bonds. The Morgan fingerprint density at radius 2 is 2.11 bits per heavy atom. The standard InChI is InChI=1S/C13H19N5/c1-9-4-11(8-15-7-9)13(16-14)6-12-5-10(2)17-18(12)3/h4-5,7-8,13,16H,6,14H2,1-3H3. The molecule has 2 rings (SSSR count). The lowest BCUT2D eigenvalue weighted by Gasteiger charge is -2.16. The second kappa shape index (κ2) is 5.29. The van der Waals surface area contributed by atoms with Gasteiger partial charge in [0.15, 0.2) is 0 Å². The van der Waals surface area contributed by atoms with Gasteiger partial charge in [-0.15, -0.1) is 0 Å². The third kappa shape index (κ3) is 2.75. The van der Waals surface area contributed by atoms with Crippen LogP contribution in [0.5, 0.6) is 0 Å². The van der Waals surface area contributed by atoms with Crippen molar-refractivity contribution < 1.29 is 0 Å². The molecule has 0 spiro atoms. The lowest BCUT2D eigenvalue weighted by molar-refractivity contribution is 0.528. The monoisotopic (exact) mass is 245 g/mol. The zero-order chi connectivity index (χ0) is 13.1. The number of aromatic nitrogens is 3. The first kappa shape index (κ1) is 12.7. The van der Waals surface area contributed by atoms with Gasteiger partial charge in [-0.3, -0.25) is 20.9 Å². The number of pyridine rings is 1. The largest absolute Gasteiger partial charge is 0.272 e. The maximum atomic E-state index is 5.65. The average molecular weight is 245 g/mol. The van der Waals surface area contributed by atoms with E-state index in [1.54, 1.807) is 0 Å². The minimum absolute atomic E-state index is 0.0483. The van der Waals surface area contributed by atoms with E-state index < -0.39 is 0 Å². The smallest absolute Gasteiger partial charge is 0.0596 e. The summed E-state index contributed by atoms with van der Waals surface area (Å²) in [5.74, 6) is 5.65. The van der Waals surface area contributed by atoms with Gasteiger partial charge in [0.25, 0.3) is 0 Å². The number of nitrogens with zero attached hydrogens (tertiary/aromatic N) is 3. The van der Waals surface area contributed by atoms with Crippen LogP contribution < -0.4 is 11.3 Å². The van der Waals surface area contributed by atoms with Gasteiger partial charge in [-0.25, -0.2) is 0 Å². The molecule has 0 aromatic carbocycles. The summed E-state index contributed by atoms with van der Waals surface area (Å²) < 4.78 is 1.89. The van der Waals surface area contributed by atoms with Crippen molar-refractivity contribution in [1.82, 2.24) is 20.2 Å². The molecule has 5 heteroatoms. The maximum Gasteiger partial charge on any atom is 0.0596 e. The van der Waals surface area contributed by atoms with E-state index >= 15 is 0 Å². The highest BCUT2D eigenvalue weighted by Gasteiger charge is 2.13. The van der Waals surface area contributed by atoms with Crippen molar-refractivity contribution >= 4 is 0 Å². The van der Waals surface area contributed by atoms with Crippen molar-refractivity contribution in [3.8, 4) is 0 Å². The van der Waals surface area contributed by atoms with Crippen LogP contribution in [-0.4, -0.2) is 14.8 Å². The van der Waals surface area contributed by atoms with Crippen LogP contribution in [0.4, 0.5) is 0 Å². The number of hydrazine groups is 1. The fraction of sp³-hybridized carbons (Fsp3) is 0.385. The van der Waals surface area contributed by atoms with Crippen molar-refractivity contribution in [2.45, 2.75) is 26.3 Å². The zero-order valence-electron chi connectivity index (χ0n) is 11.0. The number of hydrogen-bond donors (Lipinski definition) is 2. The number of nitrogens with two attached hydrogens (primary N) is 1. The molecule has 1 atom stereocenters. The molecule has 0 aliphatic heterocycles. The summed E-state index contributed by atoms with van der Waals surface area (Å²) in [6, 6.07) is 4.22. The summed E-state index contributed by atoms with van der Waals surface area (Å²) in [7, 11) is 1.95. The van der Waals surface area contributed by atoms with Crippen molar-refractivity contribution in [2.75, 3.05) is 0 Å². The molecule has 0 radical (unpaired) electrons. The predicted molar refractivity (Wildman–Crippen MR) is 70.7 cm³/mol. The summed E-state index contributed by atoms with van der Waals surface area (Å²) in [6.07, 6.45) is 4.48. The Morgan fingerprint density at radius 3 is 2.67 bits per heavy atom. The number of rotatable bonds is 4. The topological polar surface area (TPSA) is 68.8 Å². The minimum atomic E-state index is 0.0483. The van der Waals surface area contributed by atoms with Crippen molar-refractivity contribution in [3.63, 3.8) is 0 Å². The van der Waals surface area contributed by atoms with Crippen LogP contribution in [-0.2, 0) is 13.5 Å². The van der Waals surface area contributed by atoms with Crippen LogP contribution in [0.2, 0.25) is 0 Å². The first-order valence-corrected chi connectivity index (χ1v) is 5.97. The Morgan fingerprint density at radius 1 is 1.33 bits per heavy atom. The van der Waals surface area contributed by atoms with E-state index in [4.69, 9.17) is 5.84 Å². The van der Waals surface area contributed by atoms with E-state index in [1.807, 2.05) is 38.0 Å². The van der Waals surface area contributed by atoms with Gasteiger partial charge in [-0.05, 0) is 31.0 Å². The molecule has 2 aromatic rings. The summed E-state index contributed by atoms with van der Waals surface area (Å²) in [6.45, 7) is 4.01. The molecule has 0 saturated heterocycles. The maximum absolute atomic E-state index is 5.65. The minimum Gasteiger partial charge on any atom is -0.272 e. The Bertz CT molecular complexity index is 532. The van der Waals surface area contributed by atoms with Crippen LogP contribution in [0, 0.1) is 13.8 Å². The normalized spacial score (nSPS) is 12.7. The summed E-state index contributed by atoms with van der Waals surface area (Å²) in [5, 5.41) is 4.34. The molecule has 3 N–H and O–H groups in total. The summed E-state index contributed by atoms with van der Waals surface area (Å²) >= 11 is 0. The Kier molecular flexibility index (Phi) is 3.74. The van der Waals surface area contributed by atoms with Gasteiger partial charge < -0.3 is 0 Å². The lowest BCUT2D eigenvalue weighted by atomic mass is 10.0. The van der Waals surface area contributed by atoms with E-state index in [9.17, 15) is 0 Å². The molecule has 2 aromatic heterocycles. The molecular formula is C13H19N5. The van der Waals surface area contributed by atoms with Gasteiger partial charge in [0.05, 0.1) is 11.7 Å². The van der Waals surface area contributed by atoms with Gasteiger partial charge in [-0.1, -0.05) is 6.07 Å². The van der Waals surface area contributed by atoms with Gasteiger partial charge in [-0.2, -0.15) is 5.10 Å². The van der Waals surface area contributed by atoms with Crippen LogP contribution >= 0.6 is 0 Å². The van der Waals surface area contributed by atoms with E-state index in [2.05, 4.69) is 27.6 Å². The predicted octanol–water partition coefficient (Wildman–Crippen LogP) is 1.18. The van der Waals surface area contributed by atoms with Crippen LogP contribution in [0.3, 0.4) is 0 Å². The number of aryl methyl sites for hydroxylation is 3. The zero-order valence-corrected chi connectivity index (χ0v) is 11.0.